The number of hydrogen-bond acceptors (Lipinski definition) is 5. The minimum absolute atomic E-state index is 0.126. The summed E-state index contributed by atoms with van der Waals surface area (Å²) in [6, 6.07) is 6.99. The van der Waals surface area contributed by atoms with Crippen LogP contribution in [0.3, 0.4) is 0 Å². The molecule has 2 amide bonds. The molecule has 2 rings (SSSR count). The summed E-state index contributed by atoms with van der Waals surface area (Å²) in [7, 11) is 0. The molecule has 1 aliphatic heterocycles. The van der Waals surface area contributed by atoms with Crippen molar-refractivity contribution in [3.63, 3.8) is 0 Å². The van der Waals surface area contributed by atoms with Gasteiger partial charge in [-0.3, -0.25) is 14.4 Å². The predicted octanol–water partition coefficient (Wildman–Crippen LogP) is 5.45. The fourth-order valence-electron chi connectivity index (χ4n) is 5.03. The third-order valence-corrected chi connectivity index (χ3v) is 6.29. The summed E-state index contributed by atoms with van der Waals surface area (Å²) in [5.41, 5.74) is -0.0667. The van der Waals surface area contributed by atoms with Gasteiger partial charge in [-0.25, -0.2) is 0 Å². The Morgan fingerprint density at radius 3 is 2.21 bits per heavy atom. The fraction of sp³-hybridized carbons (Fsp3) is 0.704. The molecule has 7 heteroatoms. The summed E-state index contributed by atoms with van der Waals surface area (Å²) in [4.78, 5) is 31.5. The number of benzene rings is 1. The summed E-state index contributed by atoms with van der Waals surface area (Å²) in [5, 5.41) is 7.72. The number of carbonyl (C=O) groups is 2. The monoisotopic (exact) mass is 475 g/mol. The average molecular weight is 476 g/mol. The van der Waals surface area contributed by atoms with Crippen molar-refractivity contribution in [2.24, 2.45) is 0 Å². The molecule has 0 atom stereocenters. The molecule has 0 saturated carbocycles. The third kappa shape index (κ3) is 8.27. The zero-order chi connectivity index (χ0) is 25.2. The number of rotatable bonds is 12. The van der Waals surface area contributed by atoms with Gasteiger partial charge in [0.05, 0.1) is 18.9 Å². The molecule has 192 valence electrons. The highest BCUT2D eigenvalue weighted by Crippen LogP contribution is 2.38. The van der Waals surface area contributed by atoms with Gasteiger partial charge in [0.15, 0.2) is 0 Å². The van der Waals surface area contributed by atoms with Crippen molar-refractivity contribution >= 4 is 17.5 Å². The minimum atomic E-state index is -0.690. The first kappa shape index (κ1) is 28.1. The van der Waals surface area contributed by atoms with Crippen molar-refractivity contribution in [3.8, 4) is 5.75 Å². The normalized spacial score (nSPS) is 17.8. The smallest absolute Gasteiger partial charge is 0.313 e. The highest BCUT2D eigenvalue weighted by Gasteiger charge is 2.47. The minimum Gasteiger partial charge on any atom is -0.492 e. The maximum atomic E-state index is 12.7. The molecule has 1 aromatic rings. The quantitative estimate of drug-likeness (QED) is 0.310. The topological polar surface area (TPSA) is 79.9 Å². The molecular formula is C27H45N3O4. The lowest BCUT2D eigenvalue weighted by Crippen LogP contribution is -2.64. The molecule has 1 aliphatic rings. The maximum Gasteiger partial charge on any atom is 0.313 e. The Hall–Kier alpha value is -2.12. The fourth-order valence-corrected chi connectivity index (χ4v) is 5.03. The predicted molar refractivity (Wildman–Crippen MR) is 137 cm³/mol. The van der Waals surface area contributed by atoms with Crippen LogP contribution in [-0.2, 0) is 14.4 Å². The van der Waals surface area contributed by atoms with Crippen molar-refractivity contribution < 1.29 is 19.2 Å². The molecule has 0 aliphatic carbocycles. The van der Waals surface area contributed by atoms with Crippen molar-refractivity contribution in [3.05, 3.63) is 24.3 Å². The van der Waals surface area contributed by atoms with Crippen molar-refractivity contribution in [1.29, 1.82) is 0 Å². The van der Waals surface area contributed by atoms with E-state index in [1.807, 2.05) is 13.0 Å². The number of unbranched alkanes of at least 4 members (excludes halogenated alkanes) is 5. The maximum absolute atomic E-state index is 12.7. The summed E-state index contributed by atoms with van der Waals surface area (Å²) >= 11 is 0. The molecule has 34 heavy (non-hydrogen) atoms. The molecule has 1 saturated heterocycles. The Balaban J connectivity index is 1.90. The van der Waals surface area contributed by atoms with E-state index in [0.29, 0.717) is 37.5 Å². The molecule has 1 fully saturated rings. The largest absolute Gasteiger partial charge is 0.492 e. The van der Waals surface area contributed by atoms with Crippen LogP contribution in [0.5, 0.6) is 5.75 Å². The molecule has 0 radical (unpaired) electrons. The van der Waals surface area contributed by atoms with Crippen LogP contribution < -0.4 is 15.4 Å². The number of nitrogens with one attached hydrogen (secondary N) is 2. The van der Waals surface area contributed by atoms with Crippen LogP contribution in [0, 0.1) is 0 Å². The molecule has 2 N–H and O–H groups in total. The van der Waals surface area contributed by atoms with Gasteiger partial charge in [-0.2, -0.15) is 5.06 Å². The van der Waals surface area contributed by atoms with Crippen LogP contribution in [-0.4, -0.2) is 47.2 Å². The van der Waals surface area contributed by atoms with Crippen LogP contribution in [0.4, 0.5) is 5.69 Å². The van der Waals surface area contributed by atoms with Gasteiger partial charge in [-0.05, 0) is 66.0 Å². The van der Waals surface area contributed by atoms with E-state index in [9.17, 15) is 9.59 Å². The number of amides is 2. The molecule has 0 unspecified atom stereocenters. The highest BCUT2D eigenvalue weighted by molar-refractivity contribution is 6.39. The van der Waals surface area contributed by atoms with E-state index in [1.165, 1.54) is 32.1 Å². The Morgan fingerprint density at radius 1 is 0.941 bits per heavy atom. The second-order valence-corrected chi connectivity index (χ2v) is 10.5. The Kier molecular flexibility index (Phi) is 10.8. The lowest BCUT2D eigenvalue weighted by molar-refractivity contribution is -0.284. The van der Waals surface area contributed by atoms with Crippen LogP contribution in [0.1, 0.15) is 92.9 Å². The summed E-state index contributed by atoms with van der Waals surface area (Å²) in [5.74, 6) is -0.780. The second kappa shape index (κ2) is 13.1. The van der Waals surface area contributed by atoms with E-state index >= 15 is 0 Å². The van der Waals surface area contributed by atoms with Gasteiger partial charge in [0.1, 0.15) is 5.75 Å². The van der Waals surface area contributed by atoms with Gasteiger partial charge in [0.2, 0.25) is 0 Å². The number of carbonyl (C=O) groups excluding carboxylic acids is 2. The number of ether oxygens (including phenoxy) is 1. The van der Waals surface area contributed by atoms with Gasteiger partial charge in [0.25, 0.3) is 0 Å². The molecule has 1 aromatic carbocycles. The number of hydroxylamine groups is 2. The lowest BCUT2D eigenvalue weighted by Gasteiger charge is -2.53. The molecule has 0 spiro atoms. The summed E-state index contributed by atoms with van der Waals surface area (Å²) in [6.07, 6.45) is 8.75. The molecule has 0 aromatic heterocycles. The van der Waals surface area contributed by atoms with Crippen molar-refractivity contribution in [2.75, 3.05) is 18.5 Å². The first-order valence-electron chi connectivity index (χ1n) is 12.9. The Labute approximate surface area is 205 Å². The second-order valence-electron chi connectivity index (χ2n) is 10.5. The van der Waals surface area contributed by atoms with E-state index in [4.69, 9.17) is 9.57 Å². The van der Waals surface area contributed by atoms with Crippen LogP contribution in [0.25, 0.3) is 0 Å². The van der Waals surface area contributed by atoms with Gasteiger partial charge in [0, 0.05) is 17.1 Å². The number of anilines is 1. The number of piperidine rings is 1. The van der Waals surface area contributed by atoms with E-state index in [0.717, 1.165) is 6.42 Å². The van der Waals surface area contributed by atoms with Gasteiger partial charge in [-0.1, -0.05) is 51.2 Å². The lowest BCUT2D eigenvalue weighted by atomic mass is 9.79. The Bertz CT molecular complexity index is 776. The van der Waals surface area contributed by atoms with E-state index in [1.54, 1.807) is 18.2 Å². The molecule has 1 heterocycles. The van der Waals surface area contributed by atoms with Crippen LogP contribution in [0.2, 0.25) is 0 Å². The van der Waals surface area contributed by atoms with Gasteiger partial charge in [-0.15, -0.1) is 0 Å². The molecule has 7 nitrogen and oxygen atoms in total. The molecule has 0 bridgehead atoms. The first-order chi connectivity index (χ1) is 16.1. The summed E-state index contributed by atoms with van der Waals surface area (Å²) < 4.78 is 5.53. The average Bonchev–Trinajstić information content (AvgIpc) is 2.75. The zero-order valence-electron chi connectivity index (χ0n) is 22.0. The number of para-hydroxylation sites is 2. The van der Waals surface area contributed by atoms with Crippen molar-refractivity contribution in [2.45, 2.75) is 110 Å². The van der Waals surface area contributed by atoms with Gasteiger partial charge >= 0.3 is 11.8 Å². The highest BCUT2D eigenvalue weighted by atomic mass is 16.7. The standard InChI is InChI=1S/C27H45N3O4/c1-7-9-10-11-12-15-18-34-30-26(3,4)19-21(20-27(30,5)6)28-24(31)25(32)29-22-16-13-14-17-23(22)33-8-2/h13-14,16-17,21H,7-12,15,18-20H2,1-6H3,(H,28,31)(H,29,32). The van der Waals surface area contributed by atoms with E-state index in [-0.39, 0.29) is 17.1 Å². The summed E-state index contributed by atoms with van der Waals surface area (Å²) in [6.45, 7) is 13.8. The third-order valence-electron chi connectivity index (χ3n) is 6.29. The molecular weight excluding hydrogens is 430 g/mol. The van der Waals surface area contributed by atoms with Crippen molar-refractivity contribution in [1.82, 2.24) is 10.4 Å². The first-order valence-corrected chi connectivity index (χ1v) is 12.9. The Morgan fingerprint density at radius 2 is 1.56 bits per heavy atom. The van der Waals surface area contributed by atoms with Gasteiger partial charge < -0.3 is 15.4 Å². The SMILES string of the molecule is CCCCCCCCON1C(C)(C)CC(NC(=O)C(=O)Nc2ccccc2OCC)CC1(C)C. The zero-order valence-corrected chi connectivity index (χ0v) is 22.0. The number of hydrogen-bond donors (Lipinski definition) is 2. The van der Waals surface area contributed by atoms with Crippen LogP contribution in [0.15, 0.2) is 24.3 Å². The van der Waals surface area contributed by atoms with Crippen LogP contribution >= 0.6 is 0 Å². The number of nitrogens with zero attached hydrogens (tertiary/aromatic N) is 1. The van der Waals surface area contributed by atoms with E-state index < -0.39 is 11.8 Å². The van der Waals surface area contributed by atoms with E-state index in [2.05, 4.69) is 50.3 Å².